The van der Waals surface area contributed by atoms with E-state index in [0.717, 1.165) is 18.4 Å². The first-order chi connectivity index (χ1) is 9.15. The van der Waals surface area contributed by atoms with Crippen molar-refractivity contribution < 1.29 is 0 Å². The van der Waals surface area contributed by atoms with Gasteiger partial charge >= 0.3 is 0 Å². The second-order valence-corrected chi connectivity index (χ2v) is 6.33. The van der Waals surface area contributed by atoms with Gasteiger partial charge in [0.2, 0.25) is 0 Å². The average Bonchev–Trinajstić information content (AvgIpc) is 2.40. The minimum Gasteiger partial charge on any atom is -0.385 e. The molecular weight excluding hydrogens is 232 g/mol. The van der Waals surface area contributed by atoms with Crippen LogP contribution in [0, 0.1) is 11.8 Å². The van der Waals surface area contributed by atoms with E-state index in [4.69, 9.17) is 0 Å². The van der Waals surface area contributed by atoms with E-state index in [-0.39, 0.29) is 0 Å². The van der Waals surface area contributed by atoms with Crippen molar-refractivity contribution in [1.82, 2.24) is 0 Å². The minimum absolute atomic E-state index is 0.766. The van der Waals surface area contributed by atoms with Crippen molar-refractivity contribution in [2.45, 2.75) is 40.0 Å². The molecule has 1 saturated heterocycles. The number of piperidine rings is 1. The van der Waals surface area contributed by atoms with E-state index >= 15 is 0 Å². The van der Waals surface area contributed by atoms with Gasteiger partial charge in [0.25, 0.3) is 0 Å². The van der Waals surface area contributed by atoms with Crippen molar-refractivity contribution in [2.75, 3.05) is 29.9 Å². The van der Waals surface area contributed by atoms with Gasteiger partial charge in [-0.1, -0.05) is 20.8 Å². The van der Waals surface area contributed by atoms with Crippen molar-refractivity contribution in [3.8, 4) is 0 Å². The van der Waals surface area contributed by atoms with Crippen LogP contribution < -0.4 is 10.2 Å². The topological polar surface area (TPSA) is 15.3 Å². The molecule has 0 aromatic heterocycles. The summed E-state index contributed by atoms with van der Waals surface area (Å²) >= 11 is 0. The van der Waals surface area contributed by atoms with Gasteiger partial charge in [0.1, 0.15) is 0 Å². The van der Waals surface area contributed by atoms with Crippen molar-refractivity contribution in [1.29, 1.82) is 0 Å². The summed E-state index contributed by atoms with van der Waals surface area (Å²) in [7, 11) is 0. The van der Waals surface area contributed by atoms with E-state index in [0.29, 0.717) is 0 Å². The molecule has 2 nitrogen and oxygen atoms in total. The Morgan fingerprint density at radius 1 is 1.16 bits per heavy atom. The number of benzene rings is 1. The third kappa shape index (κ3) is 4.45. The van der Waals surface area contributed by atoms with Gasteiger partial charge in [-0.2, -0.15) is 0 Å². The van der Waals surface area contributed by atoms with Gasteiger partial charge in [0.05, 0.1) is 0 Å². The number of nitrogens with one attached hydrogen (secondary N) is 1. The quantitative estimate of drug-likeness (QED) is 0.845. The SMILES string of the molecule is CC(C)CCNc1ccc(N2CCC(C)CC2)cc1. The molecule has 1 aliphatic heterocycles. The molecule has 0 aliphatic carbocycles. The number of rotatable bonds is 5. The van der Waals surface area contributed by atoms with Crippen LogP contribution in [0.3, 0.4) is 0 Å². The lowest BCUT2D eigenvalue weighted by Gasteiger charge is -2.32. The zero-order valence-electron chi connectivity index (χ0n) is 12.7. The first kappa shape index (κ1) is 14.2. The fraction of sp³-hybridized carbons (Fsp3) is 0.647. The number of hydrogen-bond donors (Lipinski definition) is 1. The van der Waals surface area contributed by atoms with Crippen LogP contribution in [0.4, 0.5) is 11.4 Å². The van der Waals surface area contributed by atoms with Gasteiger partial charge in [-0.3, -0.25) is 0 Å². The summed E-state index contributed by atoms with van der Waals surface area (Å²) in [5.74, 6) is 1.66. The molecule has 0 radical (unpaired) electrons. The highest BCUT2D eigenvalue weighted by atomic mass is 15.1. The van der Waals surface area contributed by atoms with E-state index < -0.39 is 0 Å². The van der Waals surface area contributed by atoms with E-state index in [1.165, 1.54) is 43.7 Å². The highest BCUT2D eigenvalue weighted by molar-refractivity contribution is 5.55. The van der Waals surface area contributed by atoms with Gasteiger partial charge in [-0.15, -0.1) is 0 Å². The Hall–Kier alpha value is -1.18. The fourth-order valence-corrected chi connectivity index (χ4v) is 2.56. The summed E-state index contributed by atoms with van der Waals surface area (Å²) in [6, 6.07) is 8.95. The predicted octanol–water partition coefficient (Wildman–Crippen LogP) is 4.38. The highest BCUT2D eigenvalue weighted by Gasteiger charge is 2.15. The van der Waals surface area contributed by atoms with Gasteiger partial charge < -0.3 is 10.2 Å². The molecule has 0 bridgehead atoms. The van der Waals surface area contributed by atoms with Crippen molar-refractivity contribution in [2.24, 2.45) is 11.8 Å². The predicted molar refractivity (Wildman–Crippen MR) is 85.0 cm³/mol. The molecular formula is C17H28N2. The maximum atomic E-state index is 3.49. The van der Waals surface area contributed by atoms with Crippen LogP contribution in [-0.4, -0.2) is 19.6 Å². The Morgan fingerprint density at radius 2 is 1.79 bits per heavy atom. The molecule has 0 saturated carbocycles. The summed E-state index contributed by atoms with van der Waals surface area (Å²) in [5.41, 5.74) is 2.62. The van der Waals surface area contributed by atoms with E-state index in [1.807, 2.05) is 0 Å². The Balaban J connectivity index is 1.84. The third-order valence-corrected chi connectivity index (χ3v) is 4.07. The summed E-state index contributed by atoms with van der Waals surface area (Å²) in [6.45, 7) is 10.4. The number of anilines is 2. The van der Waals surface area contributed by atoms with Crippen LogP contribution >= 0.6 is 0 Å². The molecule has 2 rings (SSSR count). The third-order valence-electron chi connectivity index (χ3n) is 4.07. The molecule has 0 atom stereocenters. The van der Waals surface area contributed by atoms with E-state index in [9.17, 15) is 0 Å². The molecule has 1 N–H and O–H groups in total. The lowest BCUT2D eigenvalue weighted by atomic mass is 9.99. The molecule has 2 heteroatoms. The zero-order chi connectivity index (χ0) is 13.7. The van der Waals surface area contributed by atoms with Crippen LogP contribution in [0.1, 0.15) is 40.0 Å². The molecule has 1 aliphatic rings. The van der Waals surface area contributed by atoms with Crippen LogP contribution in [0.2, 0.25) is 0 Å². The van der Waals surface area contributed by atoms with Gasteiger partial charge in [0, 0.05) is 31.0 Å². The maximum absolute atomic E-state index is 3.49. The van der Waals surface area contributed by atoms with Gasteiger partial charge in [0.15, 0.2) is 0 Å². The Morgan fingerprint density at radius 3 is 2.37 bits per heavy atom. The fourth-order valence-electron chi connectivity index (χ4n) is 2.56. The van der Waals surface area contributed by atoms with Crippen LogP contribution in [0.25, 0.3) is 0 Å². The van der Waals surface area contributed by atoms with E-state index in [1.54, 1.807) is 0 Å². The van der Waals surface area contributed by atoms with Crippen molar-refractivity contribution in [3.63, 3.8) is 0 Å². The van der Waals surface area contributed by atoms with Gasteiger partial charge in [-0.05, 0) is 55.4 Å². The molecule has 1 heterocycles. The monoisotopic (exact) mass is 260 g/mol. The lowest BCUT2D eigenvalue weighted by molar-refractivity contribution is 0.438. The first-order valence-electron chi connectivity index (χ1n) is 7.74. The molecule has 19 heavy (non-hydrogen) atoms. The van der Waals surface area contributed by atoms with Crippen LogP contribution in [0.15, 0.2) is 24.3 Å². The zero-order valence-corrected chi connectivity index (χ0v) is 12.7. The molecule has 1 fully saturated rings. The highest BCUT2D eigenvalue weighted by Crippen LogP contribution is 2.24. The van der Waals surface area contributed by atoms with E-state index in [2.05, 4.69) is 55.3 Å². The summed E-state index contributed by atoms with van der Waals surface area (Å²) < 4.78 is 0. The van der Waals surface area contributed by atoms with Crippen molar-refractivity contribution in [3.05, 3.63) is 24.3 Å². The molecule has 0 unspecified atom stereocenters. The molecule has 0 amide bonds. The summed E-state index contributed by atoms with van der Waals surface area (Å²) in [4.78, 5) is 2.51. The van der Waals surface area contributed by atoms with Crippen LogP contribution in [0.5, 0.6) is 0 Å². The number of nitrogens with zero attached hydrogens (tertiary/aromatic N) is 1. The minimum atomic E-state index is 0.766. The lowest BCUT2D eigenvalue weighted by Crippen LogP contribution is -2.32. The average molecular weight is 260 g/mol. The second-order valence-electron chi connectivity index (χ2n) is 6.33. The Bertz CT molecular complexity index is 361. The Labute approximate surface area is 118 Å². The molecule has 0 spiro atoms. The molecule has 106 valence electrons. The maximum Gasteiger partial charge on any atom is 0.0367 e. The normalized spacial score (nSPS) is 16.9. The molecule has 1 aromatic rings. The van der Waals surface area contributed by atoms with Crippen LogP contribution in [-0.2, 0) is 0 Å². The standard InChI is InChI=1S/C17H28N2/c1-14(2)8-11-18-16-4-6-17(7-5-16)19-12-9-15(3)10-13-19/h4-7,14-15,18H,8-13H2,1-3H3. The summed E-state index contributed by atoms with van der Waals surface area (Å²) in [6.07, 6.45) is 3.88. The Kier molecular flexibility index (Phi) is 5.12. The molecule has 1 aromatic carbocycles. The first-order valence-corrected chi connectivity index (χ1v) is 7.74. The second kappa shape index (κ2) is 6.83. The van der Waals surface area contributed by atoms with Crippen molar-refractivity contribution >= 4 is 11.4 Å². The summed E-state index contributed by atoms with van der Waals surface area (Å²) in [5, 5.41) is 3.49. The number of hydrogen-bond acceptors (Lipinski definition) is 2. The largest absolute Gasteiger partial charge is 0.385 e. The smallest absolute Gasteiger partial charge is 0.0367 e. The van der Waals surface area contributed by atoms with Gasteiger partial charge in [-0.25, -0.2) is 0 Å².